The minimum absolute atomic E-state index is 0.0662. The molecule has 2 rings (SSSR count). The van der Waals surface area contributed by atoms with Gasteiger partial charge in [0.2, 0.25) is 0 Å². The molecule has 0 radical (unpaired) electrons. The first-order valence-electron chi connectivity index (χ1n) is 7.48. The maximum atomic E-state index is 12.7. The van der Waals surface area contributed by atoms with Crippen molar-refractivity contribution in [3.63, 3.8) is 0 Å². The van der Waals surface area contributed by atoms with Gasteiger partial charge in [-0.2, -0.15) is 13.2 Å². The molecule has 0 heterocycles. The van der Waals surface area contributed by atoms with Crippen molar-refractivity contribution in [3.05, 3.63) is 59.7 Å². The van der Waals surface area contributed by atoms with Gasteiger partial charge in [0.1, 0.15) is 5.75 Å². The second-order valence-corrected chi connectivity index (χ2v) is 5.73. The summed E-state index contributed by atoms with van der Waals surface area (Å²) in [6, 6.07) is 11.1. The van der Waals surface area contributed by atoms with Gasteiger partial charge in [0.05, 0.1) is 17.9 Å². The Balaban J connectivity index is 2.18. The molecule has 128 valence electrons. The van der Waals surface area contributed by atoms with Crippen molar-refractivity contribution in [2.45, 2.75) is 20.0 Å². The van der Waals surface area contributed by atoms with Crippen LogP contribution >= 0.6 is 0 Å². The van der Waals surface area contributed by atoms with E-state index in [0.717, 1.165) is 12.1 Å². The molecule has 0 aliphatic heterocycles. The number of anilines is 1. The number of halogens is 3. The number of amides is 1. The zero-order valence-corrected chi connectivity index (χ0v) is 13.4. The maximum absolute atomic E-state index is 12.7. The Morgan fingerprint density at radius 1 is 1.12 bits per heavy atom. The molecule has 0 aromatic heterocycles. The number of hydrogen-bond donors (Lipinski definition) is 1. The van der Waals surface area contributed by atoms with E-state index in [4.69, 9.17) is 4.74 Å². The van der Waals surface area contributed by atoms with Gasteiger partial charge in [-0.3, -0.25) is 4.79 Å². The number of alkyl halides is 3. The first kappa shape index (κ1) is 17.8. The molecule has 2 aromatic rings. The van der Waals surface area contributed by atoms with Crippen LogP contribution in [0.3, 0.4) is 0 Å². The molecule has 0 saturated carbocycles. The van der Waals surface area contributed by atoms with Crippen LogP contribution in [0.2, 0.25) is 0 Å². The molecule has 3 nitrogen and oxygen atoms in total. The second kappa shape index (κ2) is 7.38. The Morgan fingerprint density at radius 2 is 1.83 bits per heavy atom. The SMILES string of the molecule is CC(C)COc1ccccc1NC(=O)c1cccc(C(F)(F)F)c1. The first-order chi connectivity index (χ1) is 11.3. The van der Waals surface area contributed by atoms with Crippen LogP contribution in [0.1, 0.15) is 29.8 Å². The van der Waals surface area contributed by atoms with Gasteiger partial charge in [0.15, 0.2) is 0 Å². The van der Waals surface area contributed by atoms with Gasteiger partial charge in [-0.05, 0) is 36.2 Å². The number of para-hydroxylation sites is 2. The van der Waals surface area contributed by atoms with Gasteiger partial charge >= 0.3 is 6.18 Å². The summed E-state index contributed by atoms with van der Waals surface area (Å²) < 4.78 is 43.9. The highest BCUT2D eigenvalue weighted by Gasteiger charge is 2.30. The first-order valence-corrected chi connectivity index (χ1v) is 7.48. The summed E-state index contributed by atoms with van der Waals surface area (Å²) >= 11 is 0. The van der Waals surface area contributed by atoms with E-state index in [0.29, 0.717) is 24.0 Å². The van der Waals surface area contributed by atoms with Crippen molar-refractivity contribution in [2.75, 3.05) is 11.9 Å². The fourth-order valence-electron chi connectivity index (χ4n) is 1.98. The molecule has 0 fully saturated rings. The van der Waals surface area contributed by atoms with Gasteiger partial charge < -0.3 is 10.1 Å². The minimum atomic E-state index is -4.49. The highest BCUT2D eigenvalue weighted by molar-refractivity contribution is 6.05. The summed E-state index contributed by atoms with van der Waals surface area (Å²) in [5.74, 6) is 0.158. The lowest BCUT2D eigenvalue weighted by Gasteiger charge is -2.14. The minimum Gasteiger partial charge on any atom is -0.491 e. The van der Waals surface area contributed by atoms with E-state index in [9.17, 15) is 18.0 Å². The summed E-state index contributed by atoms with van der Waals surface area (Å²) in [7, 11) is 0. The number of carbonyl (C=O) groups excluding carboxylic acids is 1. The lowest BCUT2D eigenvalue weighted by molar-refractivity contribution is -0.137. The molecule has 0 aliphatic rings. The Bertz CT molecular complexity index is 711. The lowest BCUT2D eigenvalue weighted by atomic mass is 10.1. The predicted molar refractivity (Wildman–Crippen MR) is 86.2 cm³/mol. The molecule has 1 N–H and O–H groups in total. The summed E-state index contributed by atoms with van der Waals surface area (Å²) in [5.41, 5.74) is -0.511. The Hall–Kier alpha value is -2.50. The third kappa shape index (κ3) is 4.75. The molecular formula is C18H18F3NO2. The molecule has 2 aromatic carbocycles. The number of carbonyl (C=O) groups is 1. The highest BCUT2D eigenvalue weighted by atomic mass is 19.4. The average molecular weight is 337 g/mol. The molecule has 0 unspecified atom stereocenters. The molecule has 1 amide bonds. The second-order valence-electron chi connectivity index (χ2n) is 5.73. The zero-order valence-electron chi connectivity index (χ0n) is 13.4. The standard InChI is InChI=1S/C18H18F3NO2/c1-12(2)11-24-16-9-4-3-8-15(16)22-17(23)13-6-5-7-14(10-13)18(19,20)21/h3-10,12H,11H2,1-2H3,(H,22,23). The normalized spacial score (nSPS) is 11.4. The van der Waals surface area contributed by atoms with Crippen LogP contribution in [-0.4, -0.2) is 12.5 Å². The molecule has 0 spiro atoms. The maximum Gasteiger partial charge on any atom is 0.416 e. The number of nitrogens with one attached hydrogen (secondary N) is 1. The van der Waals surface area contributed by atoms with Crippen LogP contribution in [0.15, 0.2) is 48.5 Å². The van der Waals surface area contributed by atoms with E-state index in [1.165, 1.54) is 12.1 Å². The quantitative estimate of drug-likeness (QED) is 0.834. The Morgan fingerprint density at radius 3 is 2.50 bits per heavy atom. The molecular weight excluding hydrogens is 319 g/mol. The summed E-state index contributed by atoms with van der Waals surface area (Å²) in [5, 5.41) is 2.60. The van der Waals surface area contributed by atoms with E-state index in [1.807, 2.05) is 13.8 Å². The van der Waals surface area contributed by atoms with Gasteiger partial charge in [-0.25, -0.2) is 0 Å². The summed E-state index contributed by atoms with van der Waals surface area (Å²) in [6.45, 7) is 4.45. The van der Waals surface area contributed by atoms with Gasteiger partial charge in [-0.1, -0.05) is 32.0 Å². The number of ether oxygens (including phenoxy) is 1. The smallest absolute Gasteiger partial charge is 0.416 e. The van der Waals surface area contributed by atoms with Crippen molar-refractivity contribution in [1.29, 1.82) is 0 Å². The third-order valence-corrected chi connectivity index (χ3v) is 3.16. The van der Waals surface area contributed by atoms with Crippen molar-refractivity contribution in [2.24, 2.45) is 5.92 Å². The fourth-order valence-corrected chi connectivity index (χ4v) is 1.98. The van der Waals surface area contributed by atoms with Gasteiger partial charge in [0, 0.05) is 5.56 Å². The molecule has 0 bridgehead atoms. The molecule has 6 heteroatoms. The van der Waals surface area contributed by atoms with E-state index >= 15 is 0 Å². The van der Waals surface area contributed by atoms with E-state index in [2.05, 4.69) is 5.32 Å². The largest absolute Gasteiger partial charge is 0.491 e. The number of benzene rings is 2. The van der Waals surface area contributed by atoms with E-state index < -0.39 is 17.6 Å². The lowest BCUT2D eigenvalue weighted by Crippen LogP contribution is -2.15. The summed E-state index contributed by atoms with van der Waals surface area (Å²) in [6.07, 6.45) is -4.49. The molecule has 0 atom stereocenters. The van der Waals surface area contributed by atoms with Crippen molar-refractivity contribution < 1.29 is 22.7 Å². The molecule has 0 saturated heterocycles. The van der Waals surface area contributed by atoms with Crippen LogP contribution < -0.4 is 10.1 Å². The van der Waals surface area contributed by atoms with Crippen molar-refractivity contribution in [3.8, 4) is 5.75 Å². The molecule has 0 aliphatic carbocycles. The highest BCUT2D eigenvalue weighted by Crippen LogP contribution is 2.30. The Labute approximate surface area is 138 Å². The Kier molecular flexibility index (Phi) is 5.49. The topological polar surface area (TPSA) is 38.3 Å². The van der Waals surface area contributed by atoms with Gasteiger partial charge in [-0.15, -0.1) is 0 Å². The van der Waals surface area contributed by atoms with Crippen molar-refractivity contribution >= 4 is 11.6 Å². The fraction of sp³-hybridized carbons (Fsp3) is 0.278. The van der Waals surface area contributed by atoms with Crippen LogP contribution in [0.25, 0.3) is 0 Å². The zero-order chi connectivity index (χ0) is 17.7. The van der Waals surface area contributed by atoms with E-state index in [-0.39, 0.29) is 5.56 Å². The number of hydrogen-bond acceptors (Lipinski definition) is 2. The van der Waals surface area contributed by atoms with Crippen molar-refractivity contribution in [1.82, 2.24) is 0 Å². The van der Waals surface area contributed by atoms with Crippen LogP contribution in [0, 0.1) is 5.92 Å². The van der Waals surface area contributed by atoms with Crippen LogP contribution in [0.4, 0.5) is 18.9 Å². The van der Waals surface area contributed by atoms with Crippen LogP contribution in [-0.2, 0) is 6.18 Å². The average Bonchev–Trinajstić information content (AvgIpc) is 2.53. The predicted octanol–water partition coefficient (Wildman–Crippen LogP) is 4.99. The third-order valence-electron chi connectivity index (χ3n) is 3.16. The summed E-state index contributed by atoms with van der Waals surface area (Å²) in [4.78, 5) is 12.2. The van der Waals surface area contributed by atoms with E-state index in [1.54, 1.807) is 24.3 Å². The van der Waals surface area contributed by atoms with Gasteiger partial charge in [0.25, 0.3) is 5.91 Å². The molecule has 24 heavy (non-hydrogen) atoms. The van der Waals surface area contributed by atoms with Crippen LogP contribution in [0.5, 0.6) is 5.75 Å². The monoisotopic (exact) mass is 337 g/mol. The number of rotatable bonds is 5.